The quantitative estimate of drug-likeness (QED) is 0.0192. The van der Waals surface area contributed by atoms with E-state index in [0.29, 0.717) is 41.1 Å². The van der Waals surface area contributed by atoms with E-state index in [2.05, 4.69) is 15.2 Å². The van der Waals surface area contributed by atoms with Crippen molar-refractivity contribution in [3.8, 4) is 0 Å². The van der Waals surface area contributed by atoms with Crippen LogP contribution < -0.4 is 5.32 Å². The smallest absolute Gasteiger partial charge is 0.444 e. The molecule has 0 saturated carbocycles. The summed E-state index contributed by atoms with van der Waals surface area (Å²) in [4.78, 5) is 59.6. The lowest BCUT2D eigenvalue weighted by molar-refractivity contribution is -0.349. The summed E-state index contributed by atoms with van der Waals surface area (Å²) in [6.45, 7) is 23.9. The number of rotatable bonds is 13. The topological polar surface area (TPSA) is 167 Å². The third kappa shape index (κ3) is 20.2. The van der Waals surface area contributed by atoms with Crippen LogP contribution in [-0.2, 0) is 56.0 Å². The summed E-state index contributed by atoms with van der Waals surface area (Å²) in [6, 6.07) is 13.8. The molecule has 0 saturated heterocycles. The van der Waals surface area contributed by atoms with E-state index in [4.69, 9.17) is 19.4 Å². The predicted molar refractivity (Wildman–Crippen MR) is 285 cm³/mol. The van der Waals surface area contributed by atoms with Crippen molar-refractivity contribution >= 4 is 35.7 Å². The molecule has 0 heterocycles. The largest absolute Gasteiger partial charge is 0.519 e. The number of nitrogens with zero attached hydrogens (tertiary/aromatic N) is 1. The number of hydrogen-bond donors (Lipinski definition) is 2. The van der Waals surface area contributed by atoms with Crippen molar-refractivity contribution in [3.05, 3.63) is 140 Å². The molecule has 4 aromatic carbocycles. The first-order valence-corrected chi connectivity index (χ1v) is 25.9. The van der Waals surface area contributed by atoms with Crippen LogP contribution in [0.15, 0.2) is 78.0 Å². The molecule has 4 aromatic rings. The van der Waals surface area contributed by atoms with Gasteiger partial charge < -0.3 is 29.5 Å². The van der Waals surface area contributed by atoms with Crippen LogP contribution in [0.4, 0.5) is 75.8 Å². The van der Waals surface area contributed by atoms with Crippen molar-refractivity contribution in [2.24, 2.45) is 5.16 Å². The van der Waals surface area contributed by atoms with Gasteiger partial charge >= 0.3 is 54.4 Å². The molecule has 1 unspecified atom stereocenters. The lowest BCUT2D eigenvalue weighted by Crippen LogP contribution is -2.50. The summed E-state index contributed by atoms with van der Waals surface area (Å²) >= 11 is 0. The number of ether oxygens (including phenoxy) is 4. The number of nitrogens with one attached hydrogen (secondary N) is 1. The Bertz CT molecular complexity index is 2960. The summed E-state index contributed by atoms with van der Waals surface area (Å²) in [6.07, 6.45) is -28.2. The third-order valence-corrected chi connectivity index (χ3v) is 12.1. The van der Waals surface area contributed by atoms with Crippen LogP contribution in [0.3, 0.4) is 0 Å². The number of Topliss-reactive ketones (excluding diaryl/α,β-unsaturated/α-hetero) is 2. The number of hydrogen-bond acceptors (Lipinski definition) is 11. The Kier molecular flexibility index (Phi) is 24.2. The second-order valence-electron chi connectivity index (χ2n) is 22.4. The standard InChI is InChI=1S/C27H30F7NO3.C22H20F7NO2.C10H18O5/c1-7-17-13-20(25(28,26(29,30)31)27(32,33)34)12-15(2)21(17)14-22(36)19-10-8-18(9-11-19)16(3)35-23(37)38-24(4,5)6;1-4-14-10-17(20(23,21(24,25)26)22(27,28)29)9-12(2)18(14)11-19(31)16-7-5-15(6-8-16)13(3)30-32;1-9(2,3)14-7(11)13-8(12)15-10(4,5)6/h8-13,16H,7,14H2,1-6H3,(H,35,37);5-10,32H,4,11H2,1-3H3;1-6H3/b;30-13+;. The molecule has 0 aromatic heterocycles. The van der Waals surface area contributed by atoms with Gasteiger partial charge in [-0.3, -0.25) is 9.59 Å². The van der Waals surface area contributed by atoms with Crippen LogP contribution in [0.25, 0.3) is 0 Å². The van der Waals surface area contributed by atoms with Crippen LogP contribution in [0.2, 0.25) is 0 Å². The number of carbonyl (C=O) groups is 5. The average molecular weight is 1230 g/mol. The molecule has 85 heavy (non-hydrogen) atoms. The summed E-state index contributed by atoms with van der Waals surface area (Å²) in [7, 11) is 0. The number of halogens is 14. The molecule has 0 spiro atoms. The Balaban J connectivity index is 0.000000474. The number of alkyl halides is 14. The molecule has 0 aliphatic heterocycles. The van der Waals surface area contributed by atoms with Gasteiger partial charge in [0.15, 0.2) is 11.6 Å². The second kappa shape index (κ2) is 27.8. The van der Waals surface area contributed by atoms with E-state index in [1.165, 1.54) is 64.1 Å². The first kappa shape index (κ1) is 73.8. The van der Waals surface area contributed by atoms with Gasteiger partial charge in [0.25, 0.3) is 0 Å². The van der Waals surface area contributed by atoms with Gasteiger partial charge in [0.2, 0.25) is 0 Å². The molecule has 2 N–H and O–H groups in total. The highest BCUT2D eigenvalue weighted by atomic mass is 19.4. The van der Waals surface area contributed by atoms with Crippen molar-refractivity contribution in [2.45, 2.75) is 188 Å². The summed E-state index contributed by atoms with van der Waals surface area (Å²) in [5.74, 6) is -0.869. The van der Waals surface area contributed by atoms with Crippen LogP contribution in [0.1, 0.15) is 172 Å². The SMILES string of the molecule is CC(C)(C)OC(=O)OC(=O)OC(C)(C)C.CCc1cc(C(F)(C(F)(F)F)C(F)(F)F)cc(C)c1CC(=O)c1ccc(/C(C)=N/O)cc1.CCc1cc(C(F)(C(F)(F)F)C(F)(F)F)cc(C)c1CC(=O)c1ccc(C(C)NC(=O)OC(C)(C)C)cc1. The first-order valence-electron chi connectivity index (χ1n) is 25.9. The molecular weight excluding hydrogens is 1160 g/mol. The van der Waals surface area contributed by atoms with E-state index in [1.54, 1.807) is 88.3 Å². The molecule has 0 fully saturated rings. The van der Waals surface area contributed by atoms with Gasteiger partial charge in [0, 0.05) is 35.1 Å². The number of amides is 1. The summed E-state index contributed by atoms with van der Waals surface area (Å²) < 4.78 is 206. The van der Waals surface area contributed by atoms with Crippen molar-refractivity contribution in [1.29, 1.82) is 0 Å². The van der Waals surface area contributed by atoms with E-state index in [0.717, 1.165) is 0 Å². The van der Waals surface area contributed by atoms with Crippen LogP contribution in [0.5, 0.6) is 0 Å². The number of ketones is 2. The fourth-order valence-electron chi connectivity index (χ4n) is 7.91. The normalized spacial score (nSPS) is 13.3. The lowest BCUT2D eigenvalue weighted by Gasteiger charge is -2.31. The van der Waals surface area contributed by atoms with Gasteiger partial charge in [-0.1, -0.05) is 91.8 Å². The Morgan fingerprint density at radius 1 is 0.506 bits per heavy atom. The third-order valence-electron chi connectivity index (χ3n) is 12.1. The van der Waals surface area contributed by atoms with Gasteiger partial charge in [-0.15, -0.1) is 0 Å². The molecule has 0 aliphatic carbocycles. The van der Waals surface area contributed by atoms with E-state index in [1.807, 2.05) is 0 Å². The van der Waals surface area contributed by atoms with Crippen LogP contribution in [-0.4, -0.2) is 82.4 Å². The summed E-state index contributed by atoms with van der Waals surface area (Å²) in [5.41, 5.74) is -13.9. The van der Waals surface area contributed by atoms with Crippen molar-refractivity contribution in [3.63, 3.8) is 0 Å². The lowest BCUT2D eigenvalue weighted by atomic mass is 9.86. The van der Waals surface area contributed by atoms with Crippen LogP contribution >= 0.6 is 0 Å². The van der Waals surface area contributed by atoms with E-state index >= 15 is 0 Å². The minimum Gasteiger partial charge on any atom is -0.444 e. The number of aryl methyl sites for hydroxylation is 4. The molecule has 1 amide bonds. The zero-order valence-corrected chi connectivity index (χ0v) is 49.2. The van der Waals surface area contributed by atoms with Crippen molar-refractivity contribution in [2.75, 3.05) is 0 Å². The fraction of sp³-hybridized carbons (Fsp3) is 0.492. The maximum Gasteiger partial charge on any atom is 0.519 e. The highest BCUT2D eigenvalue weighted by Gasteiger charge is 2.74. The monoisotopic (exact) mass is 1230 g/mol. The van der Waals surface area contributed by atoms with E-state index in [9.17, 15) is 85.4 Å². The van der Waals surface area contributed by atoms with Gasteiger partial charge in [0.1, 0.15) is 16.8 Å². The van der Waals surface area contributed by atoms with Gasteiger partial charge in [-0.05, 0) is 147 Å². The van der Waals surface area contributed by atoms with Crippen LogP contribution in [0, 0.1) is 13.8 Å². The Labute approximate surface area is 482 Å². The molecule has 12 nitrogen and oxygen atoms in total. The van der Waals surface area contributed by atoms with E-state index < -0.39 is 100.0 Å². The predicted octanol–water partition coefficient (Wildman–Crippen LogP) is 17.2. The van der Waals surface area contributed by atoms with Gasteiger partial charge in [-0.25, -0.2) is 23.2 Å². The minimum absolute atomic E-state index is 0.00577. The number of carbonyl (C=O) groups excluding carboxylic acids is 5. The summed E-state index contributed by atoms with van der Waals surface area (Å²) in [5, 5.41) is 14.5. The maximum absolute atomic E-state index is 14.6. The molecule has 472 valence electrons. The minimum atomic E-state index is -6.22. The number of alkyl carbamates (subject to hydrolysis) is 1. The Hall–Kier alpha value is -7.28. The molecule has 0 bridgehead atoms. The molecular formula is C59H68F14N2O10. The van der Waals surface area contributed by atoms with Crippen molar-refractivity contribution < 1.29 is 110 Å². The Morgan fingerprint density at radius 2 is 0.812 bits per heavy atom. The zero-order chi connectivity index (χ0) is 66.0. The fourth-order valence-corrected chi connectivity index (χ4v) is 7.91. The molecule has 0 radical (unpaired) electrons. The van der Waals surface area contributed by atoms with Gasteiger partial charge in [-0.2, -0.15) is 52.7 Å². The average Bonchev–Trinajstić information content (AvgIpc) is 1.44. The Morgan fingerprint density at radius 3 is 1.09 bits per heavy atom. The maximum atomic E-state index is 14.6. The number of benzene rings is 4. The number of oxime groups is 1. The molecule has 26 heteroatoms. The molecule has 4 rings (SSSR count). The van der Waals surface area contributed by atoms with Crippen molar-refractivity contribution in [1.82, 2.24) is 5.32 Å². The first-order chi connectivity index (χ1) is 38.4. The zero-order valence-electron chi connectivity index (χ0n) is 49.2. The van der Waals surface area contributed by atoms with Gasteiger partial charge in [0.05, 0.1) is 11.8 Å². The molecule has 1 atom stereocenters. The van der Waals surface area contributed by atoms with E-state index in [-0.39, 0.29) is 70.2 Å². The second-order valence-corrected chi connectivity index (χ2v) is 22.4. The highest BCUT2D eigenvalue weighted by Crippen LogP contribution is 2.55. The molecule has 0 aliphatic rings. The highest BCUT2D eigenvalue weighted by molar-refractivity contribution is 6.01.